The number of nitrogens with zero attached hydrogens (tertiary/aromatic N) is 2. The van der Waals surface area contributed by atoms with E-state index in [1.807, 2.05) is 11.4 Å². The van der Waals surface area contributed by atoms with Crippen molar-refractivity contribution >= 4 is 18.2 Å². The summed E-state index contributed by atoms with van der Waals surface area (Å²) in [5.74, 6) is -0.985. The Morgan fingerprint density at radius 3 is 2.86 bits per heavy atom. The Hall–Kier alpha value is -2.10. The van der Waals surface area contributed by atoms with Gasteiger partial charge >= 0.3 is 6.03 Å². The quantitative estimate of drug-likeness (QED) is 0.304. The van der Waals surface area contributed by atoms with Gasteiger partial charge < -0.3 is 10.5 Å². The maximum atomic E-state index is 10.9. The van der Waals surface area contributed by atoms with E-state index in [-0.39, 0.29) is 12.0 Å². The van der Waals surface area contributed by atoms with Gasteiger partial charge in [0.1, 0.15) is 6.21 Å². The van der Waals surface area contributed by atoms with Gasteiger partial charge in [0.15, 0.2) is 0 Å². The number of urea groups is 1. The lowest BCUT2D eigenvalue weighted by atomic mass is 10.4. The highest BCUT2D eigenvalue weighted by Crippen LogP contribution is 2.28. The first-order valence-corrected chi connectivity index (χ1v) is 3.86. The van der Waals surface area contributed by atoms with Crippen molar-refractivity contribution < 1.29 is 14.8 Å². The van der Waals surface area contributed by atoms with Gasteiger partial charge in [0, 0.05) is 6.04 Å². The van der Waals surface area contributed by atoms with Gasteiger partial charge in [0.2, 0.25) is 0 Å². The summed E-state index contributed by atoms with van der Waals surface area (Å²) in [5.41, 5.74) is 0. The van der Waals surface area contributed by atoms with E-state index in [0.29, 0.717) is 12.6 Å². The van der Waals surface area contributed by atoms with Gasteiger partial charge in [-0.25, -0.2) is 4.79 Å². The van der Waals surface area contributed by atoms with Gasteiger partial charge in [-0.2, -0.15) is 5.26 Å². The second-order valence-electron chi connectivity index (χ2n) is 2.79. The van der Waals surface area contributed by atoms with E-state index in [1.165, 1.54) is 0 Å². The molecule has 0 aliphatic heterocycles. The predicted molar refractivity (Wildman–Crippen MR) is 44.5 cm³/mol. The van der Waals surface area contributed by atoms with Crippen LogP contribution in [0.1, 0.15) is 6.42 Å². The third kappa shape index (κ3) is 2.75. The van der Waals surface area contributed by atoms with E-state index in [4.69, 9.17) is 10.5 Å². The number of carbonyl (C=O) groups is 2. The van der Waals surface area contributed by atoms with Crippen molar-refractivity contribution in [2.45, 2.75) is 12.5 Å². The zero-order chi connectivity index (χ0) is 10.6. The molecule has 1 rings (SSSR count). The molecule has 0 aromatic carbocycles. The van der Waals surface area contributed by atoms with Crippen LogP contribution in [0.3, 0.4) is 0 Å². The lowest BCUT2D eigenvalue weighted by Crippen LogP contribution is -2.41. The standard InChI is InChI=1S/C7H8N4O3/c8-2-4-1-5(4)10-7(13)11-6(12)3-9-14/h3-5,14H,1H2,(H2,10,11,12,13). The third-order valence-corrected chi connectivity index (χ3v) is 1.68. The zero-order valence-electron chi connectivity index (χ0n) is 7.10. The summed E-state index contributed by atoms with van der Waals surface area (Å²) in [6.07, 6.45) is 1.17. The first kappa shape index (κ1) is 9.98. The highest BCUT2D eigenvalue weighted by molar-refractivity contribution is 6.29. The molecule has 3 amide bonds. The van der Waals surface area contributed by atoms with Gasteiger partial charge in [-0.1, -0.05) is 5.16 Å². The molecule has 0 saturated heterocycles. The van der Waals surface area contributed by atoms with Gasteiger partial charge in [0.25, 0.3) is 5.91 Å². The lowest BCUT2D eigenvalue weighted by molar-refractivity contribution is -0.113. The number of oxime groups is 1. The molecular formula is C7H8N4O3. The van der Waals surface area contributed by atoms with E-state index in [2.05, 4.69) is 10.5 Å². The number of nitriles is 1. The largest absolute Gasteiger partial charge is 0.411 e. The average Bonchev–Trinajstić information content (AvgIpc) is 2.83. The molecule has 1 saturated carbocycles. The molecule has 0 heterocycles. The molecule has 0 radical (unpaired) electrons. The molecule has 1 fully saturated rings. The summed E-state index contributed by atoms with van der Waals surface area (Å²) in [6.45, 7) is 0. The van der Waals surface area contributed by atoms with E-state index >= 15 is 0 Å². The molecule has 2 atom stereocenters. The van der Waals surface area contributed by atoms with Gasteiger partial charge in [-0.15, -0.1) is 0 Å². The van der Waals surface area contributed by atoms with E-state index in [9.17, 15) is 9.59 Å². The van der Waals surface area contributed by atoms with Crippen LogP contribution in [0.5, 0.6) is 0 Å². The minimum Gasteiger partial charge on any atom is -0.411 e. The predicted octanol–water partition coefficient (Wildman–Crippen LogP) is -0.816. The smallest absolute Gasteiger partial charge is 0.321 e. The molecule has 7 nitrogen and oxygen atoms in total. The van der Waals surface area contributed by atoms with Crippen molar-refractivity contribution in [2.75, 3.05) is 0 Å². The fourth-order valence-electron chi connectivity index (χ4n) is 0.898. The van der Waals surface area contributed by atoms with Crippen LogP contribution in [0.4, 0.5) is 4.79 Å². The summed E-state index contributed by atoms with van der Waals surface area (Å²) in [6, 6.07) is 1.10. The number of carbonyl (C=O) groups excluding carboxylic acids is 2. The second-order valence-corrected chi connectivity index (χ2v) is 2.79. The summed E-state index contributed by atoms with van der Waals surface area (Å²) in [7, 11) is 0. The average molecular weight is 196 g/mol. The van der Waals surface area contributed by atoms with Crippen LogP contribution in [0.2, 0.25) is 0 Å². The maximum absolute atomic E-state index is 10.9. The molecule has 74 valence electrons. The Morgan fingerprint density at radius 1 is 1.64 bits per heavy atom. The van der Waals surface area contributed by atoms with Crippen molar-refractivity contribution in [3.63, 3.8) is 0 Å². The minimum absolute atomic E-state index is 0.164. The van der Waals surface area contributed by atoms with Crippen LogP contribution in [-0.2, 0) is 4.79 Å². The number of rotatable bonds is 2. The Bertz CT molecular complexity index is 319. The number of hydrogen-bond acceptors (Lipinski definition) is 5. The molecule has 2 unspecified atom stereocenters. The van der Waals surface area contributed by atoms with Gasteiger partial charge in [-0.05, 0) is 6.42 Å². The molecule has 14 heavy (non-hydrogen) atoms. The zero-order valence-corrected chi connectivity index (χ0v) is 7.10. The van der Waals surface area contributed by atoms with Crippen LogP contribution < -0.4 is 10.6 Å². The minimum atomic E-state index is -0.820. The van der Waals surface area contributed by atoms with Crippen molar-refractivity contribution in [3.8, 4) is 6.07 Å². The topological polar surface area (TPSA) is 115 Å². The van der Waals surface area contributed by atoms with Crippen molar-refractivity contribution in [1.29, 1.82) is 5.26 Å². The second kappa shape index (κ2) is 4.23. The molecule has 1 aliphatic rings. The normalized spacial score (nSPS) is 23.9. The Morgan fingerprint density at radius 2 is 2.36 bits per heavy atom. The lowest BCUT2D eigenvalue weighted by Gasteiger charge is -2.01. The van der Waals surface area contributed by atoms with E-state index in [0.717, 1.165) is 0 Å². The fourth-order valence-corrected chi connectivity index (χ4v) is 0.898. The summed E-state index contributed by atoms with van der Waals surface area (Å²) < 4.78 is 0. The van der Waals surface area contributed by atoms with Crippen LogP contribution in [0.25, 0.3) is 0 Å². The third-order valence-electron chi connectivity index (χ3n) is 1.68. The monoisotopic (exact) mass is 196 g/mol. The van der Waals surface area contributed by atoms with Crippen LogP contribution in [0, 0.1) is 17.2 Å². The summed E-state index contributed by atoms with van der Waals surface area (Å²) >= 11 is 0. The van der Waals surface area contributed by atoms with E-state index in [1.54, 1.807) is 0 Å². The summed E-state index contributed by atoms with van der Waals surface area (Å²) in [4.78, 5) is 21.6. The van der Waals surface area contributed by atoms with Crippen LogP contribution in [-0.4, -0.2) is 29.4 Å². The SMILES string of the molecule is N#CC1CC1NC(=O)NC(=O)C=NO. The summed E-state index contributed by atoms with van der Waals surface area (Å²) in [5, 5.41) is 23.1. The first-order chi connectivity index (χ1) is 6.67. The van der Waals surface area contributed by atoms with Crippen LogP contribution >= 0.6 is 0 Å². The molecule has 1 aliphatic carbocycles. The highest BCUT2D eigenvalue weighted by atomic mass is 16.4. The molecule has 7 heteroatoms. The van der Waals surface area contributed by atoms with Crippen molar-refractivity contribution in [2.24, 2.45) is 11.1 Å². The molecule has 0 bridgehead atoms. The maximum Gasteiger partial charge on any atom is 0.321 e. The number of hydrogen-bond donors (Lipinski definition) is 3. The molecule has 0 aromatic heterocycles. The Kier molecular flexibility index (Phi) is 3.01. The Balaban J connectivity index is 2.24. The first-order valence-electron chi connectivity index (χ1n) is 3.86. The Labute approximate surface area is 79.4 Å². The van der Waals surface area contributed by atoms with Crippen molar-refractivity contribution in [1.82, 2.24) is 10.6 Å². The van der Waals surface area contributed by atoms with E-state index < -0.39 is 11.9 Å². The number of nitrogens with one attached hydrogen (secondary N) is 2. The fraction of sp³-hybridized carbons (Fsp3) is 0.429. The number of imide groups is 1. The van der Waals surface area contributed by atoms with Gasteiger partial charge in [-0.3, -0.25) is 10.1 Å². The highest BCUT2D eigenvalue weighted by Gasteiger charge is 2.38. The number of amides is 3. The molecular weight excluding hydrogens is 188 g/mol. The van der Waals surface area contributed by atoms with Crippen molar-refractivity contribution in [3.05, 3.63) is 0 Å². The van der Waals surface area contributed by atoms with Gasteiger partial charge in [0.05, 0.1) is 12.0 Å². The molecule has 3 N–H and O–H groups in total. The van der Waals surface area contributed by atoms with Crippen LogP contribution in [0.15, 0.2) is 5.16 Å². The molecule has 0 aromatic rings. The molecule has 0 spiro atoms.